The number of hydrogen-bond donors (Lipinski definition) is 2. The van der Waals surface area contributed by atoms with Gasteiger partial charge in [0.1, 0.15) is 0 Å². The Balaban J connectivity index is 1.96. The molecule has 0 aromatic carbocycles. The third-order valence-electron chi connectivity index (χ3n) is 3.45. The van der Waals surface area contributed by atoms with Gasteiger partial charge in [0.15, 0.2) is 0 Å². The molecule has 94 valence electrons. The minimum absolute atomic E-state index is 0.106. The van der Waals surface area contributed by atoms with Crippen LogP contribution in [0.15, 0.2) is 35.6 Å². The minimum Gasteiger partial charge on any atom is -0.399 e. The van der Waals surface area contributed by atoms with Crippen LogP contribution in [0.4, 0.5) is 0 Å². The fraction of sp³-hybridized carbons (Fsp3) is 0.571. The quantitative estimate of drug-likeness (QED) is 0.762. The van der Waals surface area contributed by atoms with E-state index in [0.29, 0.717) is 0 Å². The Labute approximate surface area is 103 Å². The number of allylic oxidation sites excluding steroid dienone is 4. The molecule has 1 heterocycles. The number of aliphatic hydroxyl groups excluding tert-OH is 1. The van der Waals surface area contributed by atoms with E-state index in [-0.39, 0.29) is 6.10 Å². The highest BCUT2D eigenvalue weighted by Gasteiger charge is 2.18. The van der Waals surface area contributed by atoms with E-state index < -0.39 is 0 Å². The molecule has 0 atom stereocenters. The summed E-state index contributed by atoms with van der Waals surface area (Å²) in [6, 6.07) is 0. The van der Waals surface area contributed by atoms with Crippen LogP contribution < -0.4 is 5.73 Å². The van der Waals surface area contributed by atoms with Crippen LogP contribution in [0.1, 0.15) is 25.7 Å². The molecular formula is C14H22N2O. The van der Waals surface area contributed by atoms with E-state index in [2.05, 4.69) is 29.2 Å². The van der Waals surface area contributed by atoms with Gasteiger partial charge in [0, 0.05) is 25.3 Å². The molecule has 2 aliphatic rings. The van der Waals surface area contributed by atoms with Crippen molar-refractivity contribution in [1.82, 2.24) is 4.90 Å². The fourth-order valence-electron chi connectivity index (χ4n) is 2.31. The number of rotatable bonds is 2. The molecule has 1 aliphatic heterocycles. The van der Waals surface area contributed by atoms with Crippen molar-refractivity contribution in [2.75, 3.05) is 19.6 Å². The molecule has 0 saturated carbocycles. The van der Waals surface area contributed by atoms with Crippen molar-refractivity contribution in [2.24, 2.45) is 5.73 Å². The summed E-state index contributed by atoms with van der Waals surface area (Å²) in [4.78, 5) is 2.37. The number of nitrogens with two attached hydrogens (primary N) is 1. The lowest BCUT2D eigenvalue weighted by Gasteiger charge is -2.30. The summed E-state index contributed by atoms with van der Waals surface area (Å²) < 4.78 is 0. The van der Waals surface area contributed by atoms with Gasteiger partial charge < -0.3 is 10.8 Å². The molecule has 3 nitrogen and oxygen atoms in total. The summed E-state index contributed by atoms with van der Waals surface area (Å²) in [5, 5.41) is 9.48. The molecule has 0 radical (unpaired) electrons. The first kappa shape index (κ1) is 12.4. The summed E-state index contributed by atoms with van der Waals surface area (Å²) in [6.07, 6.45) is 12.3. The highest BCUT2D eigenvalue weighted by atomic mass is 16.3. The molecule has 2 rings (SSSR count). The molecule has 0 unspecified atom stereocenters. The van der Waals surface area contributed by atoms with Crippen molar-refractivity contribution in [3.8, 4) is 0 Å². The maximum atomic E-state index is 9.48. The Kier molecular flexibility index (Phi) is 4.40. The first-order chi connectivity index (χ1) is 8.25. The van der Waals surface area contributed by atoms with Crippen LogP contribution in [0, 0.1) is 0 Å². The second-order valence-electron chi connectivity index (χ2n) is 4.86. The second kappa shape index (κ2) is 6.03. The van der Waals surface area contributed by atoms with Gasteiger partial charge in [-0.1, -0.05) is 24.3 Å². The van der Waals surface area contributed by atoms with Gasteiger partial charge in [-0.15, -0.1) is 0 Å². The summed E-state index contributed by atoms with van der Waals surface area (Å²) in [6.45, 7) is 2.84. The Morgan fingerprint density at radius 2 is 2.06 bits per heavy atom. The topological polar surface area (TPSA) is 49.5 Å². The van der Waals surface area contributed by atoms with Gasteiger partial charge in [-0.25, -0.2) is 0 Å². The normalized spacial score (nSPS) is 31.8. The van der Waals surface area contributed by atoms with E-state index in [4.69, 9.17) is 5.73 Å². The Morgan fingerprint density at radius 1 is 1.29 bits per heavy atom. The molecule has 1 fully saturated rings. The Bertz CT molecular complexity index is 336. The summed E-state index contributed by atoms with van der Waals surface area (Å²) in [5.74, 6) is 0. The summed E-state index contributed by atoms with van der Waals surface area (Å²) in [7, 11) is 0. The van der Waals surface area contributed by atoms with Gasteiger partial charge >= 0.3 is 0 Å². The highest BCUT2D eigenvalue weighted by Crippen LogP contribution is 2.16. The maximum Gasteiger partial charge on any atom is 0.0564 e. The lowest BCUT2D eigenvalue weighted by atomic mass is 10.0. The van der Waals surface area contributed by atoms with Crippen LogP contribution in [0.3, 0.4) is 0 Å². The number of hydrogen-bond acceptors (Lipinski definition) is 3. The van der Waals surface area contributed by atoms with Crippen LogP contribution >= 0.6 is 0 Å². The number of aliphatic hydroxyl groups is 1. The van der Waals surface area contributed by atoms with E-state index in [0.717, 1.165) is 51.0 Å². The van der Waals surface area contributed by atoms with Crippen molar-refractivity contribution in [2.45, 2.75) is 31.8 Å². The van der Waals surface area contributed by atoms with Crippen LogP contribution in [0.5, 0.6) is 0 Å². The number of likely N-dealkylation sites (tertiary alicyclic amines) is 1. The van der Waals surface area contributed by atoms with Crippen LogP contribution in [0.2, 0.25) is 0 Å². The van der Waals surface area contributed by atoms with E-state index in [1.807, 2.05) is 0 Å². The van der Waals surface area contributed by atoms with Gasteiger partial charge in [-0.3, -0.25) is 4.90 Å². The van der Waals surface area contributed by atoms with E-state index in [1.165, 1.54) is 5.57 Å². The first-order valence-corrected chi connectivity index (χ1v) is 6.48. The predicted octanol–water partition coefficient (Wildman–Crippen LogP) is 1.56. The largest absolute Gasteiger partial charge is 0.399 e. The molecule has 1 aliphatic carbocycles. The lowest BCUT2D eigenvalue weighted by Crippen LogP contribution is -2.37. The third-order valence-corrected chi connectivity index (χ3v) is 3.45. The van der Waals surface area contributed by atoms with E-state index in [1.54, 1.807) is 0 Å². The van der Waals surface area contributed by atoms with Gasteiger partial charge in [0.05, 0.1) is 6.10 Å². The van der Waals surface area contributed by atoms with Crippen molar-refractivity contribution in [3.05, 3.63) is 35.6 Å². The van der Waals surface area contributed by atoms with Gasteiger partial charge in [0.2, 0.25) is 0 Å². The molecule has 3 N–H and O–H groups in total. The van der Waals surface area contributed by atoms with Crippen LogP contribution in [-0.2, 0) is 0 Å². The molecule has 0 amide bonds. The molecular weight excluding hydrogens is 212 g/mol. The van der Waals surface area contributed by atoms with E-state index in [9.17, 15) is 5.11 Å². The van der Waals surface area contributed by atoms with Crippen LogP contribution in [-0.4, -0.2) is 35.7 Å². The highest BCUT2D eigenvalue weighted by molar-refractivity contribution is 5.33. The fourth-order valence-corrected chi connectivity index (χ4v) is 2.31. The molecule has 17 heavy (non-hydrogen) atoms. The zero-order chi connectivity index (χ0) is 12.1. The minimum atomic E-state index is -0.106. The van der Waals surface area contributed by atoms with Gasteiger partial charge in [-0.05, 0) is 31.3 Å². The average Bonchev–Trinajstić information content (AvgIpc) is 2.31. The van der Waals surface area contributed by atoms with Crippen LogP contribution in [0.25, 0.3) is 0 Å². The Hall–Kier alpha value is -1.06. The zero-order valence-electron chi connectivity index (χ0n) is 10.3. The average molecular weight is 234 g/mol. The second-order valence-corrected chi connectivity index (χ2v) is 4.86. The molecule has 0 bridgehead atoms. The monoisotopic (exact) mass is 234 g/mol. The molecule has 0 aromatic rings. The SMILES string of the molecule is NC1=C/CC\C=C/C=C\1CN1CCC(O)CC1. The van der Waals surface area contributed by atoms with Gasteiger partial charge in [0.25, 0.3) is 0 Å². The van der Waals surface area contributed by atoms with Crippen molar-refractivity contribution < 1.29 is 5.11 Å². The van der Waals surface area contributed by atoms with Crippen molar-refractivity contribution in [3.63, 3.8) is 0 Å². The smallest absolute Gasteiger partial charge is 0.0564 e. The summed E-state index contributed by atoms with van der Waals surface area (Å²) >= 11 is 0. The Morgan fingerprint density at radius 3 is 2.82 bits per heavy atom. The predicted molar refractivity (Wildman–Crippen MR) is 70.4 cm³/mol. The lowest BCUT2D eigenvalue weighted by molar-refractivity contribution is 0.0871. The maximum absolute atomic E-state index is 9.48. The molecule has 1 saturated heterocycles. The standard InChI is InChI=1S/C14H22N2O/c15-14-6-4-2-1-3-5-12(14)11-16-9-7-13(17)8-10-16/h1,3,5-6,13,17H,2,4,7-11,15H2/b3-1-,12-5-,14-6+. The van der Waals surface area contributed by atoms with Crippen molar-refractivity contribution >= 4 is 0 Å². The number of nitrogens with zero attached hydrogens (tertiary/aromatic N) is 1. The van der Waals surface area contributed by atoms with Crippen molar-refractivity contribution in [1.29, 1.82) is 0 Å². The molecule has 0 spiro atoms. The summed E-state index contributed by atoms with van der Waals surface area (Å²) in [5.41, 5.74) is 8.20. The number of piperidine rings is 1. The third kappa shape index (κ3) is 3.72. The molecule has 0 aromatic heterocycles. The van der Waals surface area contributed by atoms with E-state index >= 15 is 0 Å². The first-order valence-electron chi connectivity index (χ1n) is 6.48. The van der Waals surface area contributed by atoms with Gasteiger partial charge in [-0.2, -0.15) is 0 Å². The zero-order valence-corrected chi connectivity index (χ0v) is 10.3. The molecule has 3 heteroatoms.